The first-order valence-electron chi connectivity index (χ1n) is 30.3. The minimum Gasteiger partial charge on any atom is -0.480 e. The number of alkyl halides is 2. The van der Waals surface area contributed by atoms with Crippen LogP contribution in [0.5, 0.6) is 0 Å². The number of halogens is 2. The summed E-state index contributed by atoms with van der Waals surface area (Å²) in [5.41, 5.74) is -4.93. The number of ether oxygens (including phenoxy) is 10. The van der Waals surface area contributed by atoms with E-state index in [0.29, 0.717) is 0 Å². The molecule has 6 aliphatic rings. The Kier molecular flexibility index (Phi) is 30.9. The van der Waals surface area contributed by atoms with Crippen molar-refractivity contribution < 1.29 is 144 Å². The molecule has 36 heteroatoms. The number of nitrogens with zero attached hydrogens (tertiary/aromatic N) is 6. The van der Waals surface area contributed by atoms with Crippen LogP contribution in [-0.4, -0.2) is 279 Å². The molecule has 552 valence electrons. The molecule has 6 rings (SSSR count). The molecule has 0 aliphatic carbocycles. The molecule has 6 heterocycles. The number of rotatable bonds is 6. The Morgan fingerprint density at radius 3 is 0.906 bits per heavy atom. The fourth-order valence-electron chi connectivity index (χ4n) is 8.79. The first-order valence-corrected chi connectivity index (χ1v) is 30.3. The molecule has 6 fully saturated rings. The van der Waals surface area contributed by atoms with E-state index in [-0.39, 0.29) is 59.5 Å². The van der Waals surface area contributed by atoms with Gasteiger partial charge in [0.2, 0.25) is 0 Å². The number of amides is 6. The van der Waals surface area contributed by atoms with Crippen molar-refractivity contribution in [3.8, 4) is 0 Å². The van der Waals surface area contributed by atoms with Gasteiger partial charge in [-0.05, 0) is 152 Å². The normalized spacial score (nSPS) is 24.6. The van der Waals surface area contributed by atoms with E-state index in [1.165, 1.54) is 0 Å². The van der Waals surface area contributed by atoms with Crippen LogP contribution in [-0.2, 0) is 76.1 Å². The molecule has 0 spiro atoms. The maximum absolute atomic E-state index is 13.1. The van der Waals surface area contributed by atoms with Crippen molar-refractivity contribution in [2.75, 3.05) is 46.6 Å². The average Bonchev–Trinajstić information content (AvgIpc) is 1.60. The largest absolute Gasteiger partial charge is 0.480 e. The van der Waals surface area contributed by atoms with E-state index in [1.54, 1.807) is 152 Å². The van der Waals surface area contributed by atoms with Gasteiger partial charge in [-0.25, -0.2) is 66.3 Å². The van der Waals surface area contributed by atoms with E-state index >= 15 is 0 Å². The third kappa shape index (κ3) is 29.2. The first kappa shape index (κ1) is 86.2. The SMILES string of the molecule is CC(C)(C)OC(=O)N1COC(C)(C)[C@H]1C(=O)O.CC(C)(C)OC(=O)N1COC[C@H]1C(=O)O.CC(C)(C)OC(=O)N1C[C@@H](F)C[C@H]1C(=O)O.CC(C)(C)OC(=O)N1C[C@H](F)C[C@H]1C(=O)O.C[C@@H]1OCN(C(=O)OC(C)(C)C)[C@@H]1C(=O)O.C[C@H]1OCN(C(=O)OC(C)(C)C)[C@@H]1C(=O)O. The van der Waals surface area contributed by atoms with E-state index in [1.807, 2.05) is 0 Å². The molecule has 6 aliphatic heterocycles. The van der Waals surface area contributed by atoms with E-state index < -0.39 is 172 Å². The molecular formula is C60H100F2N6O28. The molecular weight excluding hydrogens is 1290 g/mol. The minimum atomic E-state index is -1.30. The molecule has 34 nitrogen and oxygen atoms in total. The van der Waals surface area contributed by atoms with Gasteiger partial charge in [0, 0.05) is 12.8 Å². The third-order valence-corrected chi connectivity index (χ3v) is 12.8. The van der Waals surface area contributed by atoms with Crippen molar-refractivity contribution in [2.45, 2.75) is 265 Å². The molecule has 6 amide bonds. The number of hydrogen-bond acceptors (Lipinski definition) is 22. The summed E-state index contributed by atoms with van der Waals surface area (Å²) in [5.74, 6) is -6.76. The Hall–Kier alpha value is -7.86. The molecule has 96 heavy (non-hydrogen) atoms. The lowest BCUT2D eigenvalue weighted by molar-refractivity contribution is -0.145. The average molecular weight is 1390 g/mol. The highest BCUT2D eigenvalue weighted by Crippen LogP contribution is 2.31. The number of carboxylic acids is 6. The van der Waals surface area contributed by atoms with Gasteiger partial charge in [0.15, 0.2) is 24.2 Å². The Morgan fingerprint density at radius 1 is 0.375 bits per heavy atom. The molecule has 10 atom stereocenters. The van der Waals surface area contributed by atoms with Gasteiger partial charge < -0.3 is 78.0 Å². The molecule has 0 aromatic carbocycles. The lowest BCUT2D eigenvalue weighted by Crippen LogP contribution is -2.50. The second-order valence-corrected chi connectivity index (χ2v) is 29.0. The van der Waals surface area contributed by atoms with Crippen LogP contribution >= 0.6 is 0 Å². The highest BCUT2D eigenvalue weighted by atomic mass is 19.1. The van der Waals surface area contributed by atoms with Gasteiger partial charge in [-0.1, -0.05) is 0 Å². The summed E-state index contributed by atoms with van der Waals surface area (Å²) >= 11 is 0. The highest BCUT2D eigenvalue weighted by molar-refractivity contribution is 5.84. The summed E-state index contributed by atoms with van der Waals surface area (Å²) in [4.78, 5) is 142. The number of carbonyl (C=O) groups excluding carboxylic acids is 6. The maximum Gasteiger partial charge on any atom is 0.412 e. The topological polar surface area (TPSA) is 438 Å². The van der Waals surface area contributed by atoms with Crippen LogP contribution in [0.15, 0.2) is 0 Å². The lowest BCUT2D eigenvalue weighted by Gasteiger charge is -2.28. The van der Waals surface area contributed by atoms with Gasteiger partial charge in [0.05, 0.1) is 37.5 Å². The fourth-order valence-corrected chi connectivity index (χ4v) is 8.79. The van der Waals surface area contributed by atoms with Gasteiger partial charge in [-0.2, -0.15) is 0 Å². The van der Waals surface area contributed by atoms with Gasteiger partial charge in [-0.15, -0.1) is 0 Å². The lowest BCUT2D eigenvalue weighted by atomic mass is 9.99. The molecule has 0 unspecified atom stereocenters. The molecule has 0 radical (unpaired) electrons. The van der Waals surface area contributed by atoms with E-state index in [0.717, 1.165) is 29.4 Å². The standard InChI is InChI=1S/C11H19NO5.2C10H16FNO4.2C10H17NO5.C9H15NO5/c1-10(2,3)17-9(15)12-6-16-11(4,5)7(12)8(13)14;2*1-10(2,3)16-9(15)12-5-6(11)4-7(12)8(13)14;2*1-6-7(8(12)13)11(5-15-6)9(14)16-10(2,3)4;1-9(2,3)15-8(13)10-5-14-4-6(10)7(11)12/h7H,6H2,1-5H3,(H,13,14);2*6-7H,4-5H2,1-3H3,(H,13,14);2*6-7H,5H2,1-4H3,(H,12,13);6H,4-5H2,1-3H3,(H,11,12)/t7-;6-,7+;6-,7-;6-,7+;6-,7-;6-/m110100/s1. The van der Waals surface area contributed by atoms with Crippen LogP contribution in [0, 0.1) is 0 Å². The van der Waals surface area contributed by atoms with Crippen LogP contribution < -0.4 is 0 Å². The zero-order valence-electron chi connectivity index (χ0n) is 58.7. The zero-order valence-corrected chi connectivity index (χ0v) is 58.7. The number of hydrogen-bond donors (Lipinski definition) is 6. The number of carboxylic acid groups (broad SMARTS) is 6. The molecule has 6 saturated heterocycles. The summed E-state index contributed by atoms with van der Waals surface area (Å²) in [6.45, 7) is 36.6. The molecule has 0 aromatic rings. The van der Waals surface area contributed by atoms with E-state index in [2.05, 4.69) is 0 Å². The number of likely N-dealkylation sites (tertiary alicyclic amines) is 2. The second kappa shape index (κ2) is 34.4. The van der Waals surface area contributed by atoms with Crippen molar-refractivity contribution in [3.63, 3.8) is 0 Å². The van der Waals surface area contributed by atoms with Gasteiger partial charge in [0.25, 0.3) is 0 Å². The quantitative estimate of drug-likeness (QED) is 0.145. The molecule has 0 saturated carbocycles. The van der Waals surface area contributed by atoms with Crippen molar-refractivity contribution in [3.05, 3.63) is 0 Å². The van der Waals surface area contributed by atoms with Crippen LogP contribution in [0.1, 0.15) is 165 Å². The predicted octanol–water partition coefficient (Wildman–Crippen LogP) is 7.05. The van der Waals surface area contributed by atoms with Gasteiger partial charge in [-0.3, -0.25) is 29.4 Å². The van der Waals surface area contributed by atoms with Gasteiger partial charge >= 0.3 is 72.4 Å². The summed E-state index contributed by atoms with van der Waals surface area (Å²) < 4.78 is 77.0. The Labute approximate surface area is 556 Å². The summed E-state index contributed by atoms with van der Waals surface area (Å²) in [6.07, 6.45) is -8.20. The van der Waals surface area contributed by atoms with Crippen molar-refractivity contribution in [1.82, 2.24) is 29.4 Å². The third-order valence-electron chi connectivity index (χ3n) is 12.8. The van der Waals surface area contributed by atoms with Crippen LogP contribution in [0.25, 0.3) is 0 Å². The van der Waals surface area contributed by atoms with Crippen LogP contribution in [0.4, 0.5) is 37.5 Å². The second-order valence-electron chi connectivity index (χ2n) is 29.0. The molecule has 6 N–H and O–H groups in total. The number of carbonyl (C=O) groups is 12. The Balaban J connectivity index is 0.000000576. The van der Waals surface area contributed by atoms with Crippen molar-refractivity contribution in [2.24, 2.45) is 0 Å². The van der Waals surface area contributed by atoms with Crippen molar-refractivity contribution >= 4 is 72.4 Å². The summed E-state index contributed by atoms with van der Waals surface area (Å²) in [5, 5.41) is 53.5. The predicted molar refractivity (Wildman–Crippen MR) is 327 cm³/mol. The monoisotopic (exact) mass is 1390 g/mol. The zero-order chi connectivity index (χ0) is 75.1. The first-order chi connectivity index (χ1) is 43.2. The summed E-state index contributed by atoms with van der Waals surface area (Å²) in [6, 6.07) is -6.17. The van der Waals surface area contributed by atoms with Crippen molar-refractivity contribution in [1.29, 1.82) is 0 Å². The molecule has 0 bridgehead atoms. The van der Waals surface area contributed by atoms with Crippen LogP contribution in [0.3, 0.4) is 0 Å². The minimum absolute atomic E-state index is 0.00851. The fraction of sp³-hybridized carbons (Fsp3) is 0.800. The van der Waals surface area contributed by atoms with E-state index in [9.17, 15) is 66.3 Å². The Morgan fingerprint density at radius 2 is 0.646 bits per heavy atom. The number of aliphatic carboxylic acids is 6. The van der Waals surface area contributed by atoms with Gasteiger partial charge in [0.1, 0.15) is 85.0 Å². The maximum atomic E-state index is 13.1. The highest BCUT2D eigenvalue weighted by Gasteiger charge is 2.51. The molecule has 0 aromatic heterocycles. The smallest absolute Gasteiger partial charge is 0.412 e. The summed E-state index contributed by atoms with van der Waals surface area (Å²) in [7, 11) is 0. The van der Waals surface area contributed by atoms with Crippen LogP contribution in [0.2, 0.25) is 0 Å². The Bertz CT molecular complexity index is 2560. The van der Waals surface area contributed by atoms with E-state index in [4.69, 9.17) is 78.0 Å².